The van der Waals surface area contributed by atoms with Crippen molar-refractivity contribution in [3.63, 3.8) is 0 Å². The largest absolute Gasteiger partial charge is 0.450 e. The molecule has 16 heavy (non-hydrogen) atoms. The van der Waals surface area contributed by atoms with Gasteiger partial charge in [-0.1, -0.05) is 0 Å². The van der Waals surface area contributed by atoms with Crippen molar-refractivity contribution in [2.75, 3.05) is 26.2 Å². The number of likely N-dealkylation sites (tertiary alicyclic amines) is 1. The SMILES string of the molecule is CCOC(=O)NC(=O)CN1CCCC1CN. The van der Waals surface area contributed by atoms with Crippen molar-refractivity contribution in [1.29, 1.82) is 0 Å². The Morgan fingerprint density at radius 2 is 2.31 bits per heavy atom. The Hall–Kier alpha value is -1.14. The lowest BCUT2D eigenvalue weighted by atomic mass is 10.2. The molecule has 1 heterocycles. The van der Waals surface area contributed by atoms with E-state index >= 15 is 0 Å². The first-order chi connectivity index (χ1) is 7.67. The van der Waals surface area contributed by atoms with E-state index in [1.54, 1.807) is 6.92 Å². The van der Waals surface area contributed by atoms with E-state index in [1.165, 1.54) is 0 Å². The van der Waals surface area contributed by atoms with Gasteiger partial charge < -0.3 is 10.5 Å². The van der Waals surface area contributed by atoms with Gasteiger partial charge in [0, 0.05) is 12.6 Å². The van der Waals surface area contributed by atoms with Crippen molar-refractivity contribution in [1.82, 2.24) is 10.2 Å². The van der Waals surface area contributed by atoms with Crippen LogP contribution >= 0.6 is 0 Å². The molecule has 1 aliphatic heterocycles. The lowest BCUT2D eigenvalue weighted by molar-refractivity contribution is -0.121. The van der Waals surface area contributed by atoms with E-state index in [2.05, 4.69) is 10.1 Å². The summed E-state index contributed by atoms with van der Waals surface area (Å²) in [5, 5.41) is 2.17. The van der Waals surface area contributed by atoms with Gasteiger partial charge in [0.25, 0.3) is 0 Å². The second-order valence-electron chi connectivity index (χ2n) is 3.77. The highest BCUT2D eigenvalue weighted by molar-refractivity contribution is 5.92. The monoisotopic (exact) mass is 229 g/mol. The molecular weight excluding hydrogens is 210 g/mol. The molecule has 1 unspecified atom stereocenters. The first-order valence-corrected chi connectivity index (χ1v) is 5.58. The topological polar surface area (TPSA) is 84.7 Å². The number of carbonyl (C=O) groups excluding carboxylic acids is 2. The van der Waals surface area contributed by atoms with E-state index in [0.717, 1.165) is 19.4 Å². The lowest BCUT2D eigenvalue weighted by Crippen LogP contribution is -2.44. The van der Waals surface area contributed by atoms with Crippen LogP contribution in [0.3, 0.4) is 0 Å². The number of nitrogens with two attached hydrogens (primary N) is 1. The molecule has 1 atom stereocenters. The van der Waals surface area contributed by atoms with Gasteiger partial charge in [-0.05, 0) is 26.3 Å². The Morgan fingerprint density at radius 1 is 1.56 bits per heavy atom. The van der Waals surface area contributed by atoms with Gasteiger partial charge in [0.1, 0.15) is 0 Å². The number of amides is 2. The summed E-state index contributed by atoms with van der Waals surface area (Å²) < 4.78 is 4.62. The average molecular weight is 229 g/mol. The quantitative estimate of drug-likeness (QED) is 0.690. The van der Waals surface area contributed by atoms with Crippen molar-refractivity contribution >= 4 is 12.0 Å². The van der Waals surface area contributed by atoms with Crippen molar-refractivity contribution in [2.45, 2.75) is 25.8 Å². The molecule has 1 saturated heterocycles. The number of imide groups is 1. The maximum atomic E-state index is 11.5. The minimum Gasteiger partial charge on any atom is -0.450 e. The van der Waals surface area contributed by atoms with Gasteiger partial charge in [-0.3, -0.25) is 15.0 Å². The predicted molar refractivity (Wildman–Crippen MR) is 58.8 cm³/mol. The zero-order valence-corrected chi connectivity index (χ0v) is 9.57. The summed E-state index contributed by atoms with van der Waals surface area (Å²) in [7, 11) is 0. The smallest absolute Gasteiger partial charge is 0.413 e. The van der Waals surface area contributed by atoms with E-state index in [4.69, 9.17) is 5.73 Å². The van der Waals surface area contributed by atoms with Crippen LogP contribution in [0.1, 0.15) is 19.8 Å². The molecule has 0 aromatic heterocycles. The van der Waals surface area contributed by atoms with Crippen LogP contribution in [-0.2, 0) is 9.53 Å². The predicted octanol–water partition coefficient (Wildman–Crippen LogP) is -0.318. The standard InChI is InChI=1S/C10H19N3O3/c1-2-16-10(15)12-9(14)7-13-5-3-4-8(13)6-11/h8H,2-7,11H2,1H3,(H,12,14,15). The lowest BCUT2D eigenvalue weighted by Gasteiger charge is -2.21. The Morgan fingerprint density at radius 3 is 2.94 bits per heavy atom. The molecule has 1 fully saturated rings. The van der Waals surface area contributed by atoms with Crippen LogP contribution in [0, 0.1) is 0 Å². The molecule has 1 aliphatic rings. The fourth-order valence-electron chi connectivity index (χ4n) is 1.88. The summed E-state index contributed by atoms with van der Waals surface area (Å²) in [6.45, 7) is 3.56. The van der Waals surface area contributed by atoms with Crippen LogP contribution in [0.5, 0.6) is 0 Å². The normalized spacial score (nSPS) is 20.8. The van der Waals surface area contributed by atoms with Gasteiger partial charge in [-0.2, -0.15) is 0 Å². The summed E-state index contributed by atoms with van der Waals surface area (Å²) in [4.78, 5) is 24.4. The molecule has 0 bridgehead atoms. The number of nitrogens with zero attached hydrogens (tertiary/aromatic N) is 1. The van der Waals surface area contributed by atoms with Crippen molar-refractivity contribution < 1.29 is 14.3 Å². The number of nitrogens with one attached hydrogen (secondary N) is 1. The first kappa shape index (κ1) is 12.9. The molecule has 0 saturated carbocycles. The summed E-state index contributed by atoms with van der Waals surface area (Å²) in [6, 6.07) is 0.257. The summed E-state index contributed by atoms with van der Waals surface area (Å²) in [5.74, 6) is -0.334. The van der Waals surface area contributed by atoms with Crippen molar-refractivity contribution in [3.05, 3.63) is 0 Å². The highest BCUT2D eigenvalue weighted by Crippen LogP contribution is 2.14. The zero-order chi connectivity index (χ0) is 12.0. The molecule has 0 aromatic rings. The molecular formula is C10H19N3O3. The number of alkyl carbamates (subject to hydrolysis) is 1. The van der Waals surface area contributed by atoms with Gasteiger partial charge in [0.15, 0.2) is 0 Å². The second-order valence-corrected chi connectivity index (χ2v) is 3.77. The Balaban J connectivity index is 2.30. The van der Waals surface area contributed by atoms with Crippen LogP contribution in [0.15, 0.2) is 0 Å². The molecule has 0 aliphatic carbocycles. The van der Waals surface area contributed by atoms with Crippen molar-refractivity contribution in [3.8, 4) is 0 Å². The molecule has 2 amide bonds. The highest BCUT2D eigenvalue weighted by Gasteiger charge is 2.25. The third kappa shape index (κ3) is 3.79. The Labute approximate surface area is 95.1 Å². The molecule has 6 nitrogen and oxygen atoms in total. The van der Waals surface area contributed by atoms with Gasteiger partial charge in [0.2, 0.25) is 5.91 Å². The maximum Gasteiger partial charge on any atom is 0.413 e. The second kappa shape index (κ2) is 6.44. The first-order valence-electron chi connectivity index (χ1n) is 5.58. The van der Waals surface area contributed by atoms with E-state index in [-0.39, 0.29) is 25.1 Å². The number of ether oxygens (including phenoxy) is 1. The fraction of sp³-hybridized carbons (Fsp3) is 0.800. The van der Waals surface area contributed by atoms with E-state index in [0.29, 0.717) is 6.54 Å². The number of hydrogen-bond donors (Lipinski definition) is 2. The molecule has 1 rings (SSSR count). The minimum absolute atomic E-state index is 0.209. The highest BCUT2D eigenvalue weighted by atomic mass is 16.5. The summed E-state index contributed by atoms with van der Waals surface area (Å²) in [6.07, 6.45) is 1.38. The number of rotatable bonds is 4. The van der Waals surface area contributed by atoms with Gasteiger partial charge in [-0.15, -0.1) is 0 Å². The Kier molecular flexibility index (Phi) is 5.21. The fourth-order valence-corrected chi connectivity index (χ4v) is 1.88. The molecule has 0 spiro atoms. The third-order valence-corrected chi connectivity index (χ3v) is 2.63. The van der Waals surface area contributed by atoms with Gasteiger partial charge >= 0.3 is 6.09 Å². The van der Waals surface area contributed by atoms with E-state index < -0.39 is 6.09 Å². The minimum atomic E-state index is -0.684. The molecule has 0 radical (unpaired) electrons. The van der Waals surface area contributed by atoms with Crippen LogP contribution in [0.4, 0.5) is 4.79 Å². The van der Waals surface area contributed by atoms with Crippen LogP contribution in [-0.4, -0.2) is 49.2 Å². The molecule has 92 valence electrons. The van der Waals surface area contributed by atoms with E-state index in [1.807, 2.05) is 4.90 Å². The average Bonchev–Trinajstić information content (AvgIpc) is 2.65. The number of carbonyl (C=O) groups is 2. The summed E-state index contributed by atoms with van der Waals surface area (Å²) in [5.41, 5.74) is 5.58. The third-order valence-electron chi connectivity index (χ3n) is 2.63. The number of hydrogen-bond acceptors (Lipinski definition) is 5. The van der Waals surface area contributed by atoms with Crippen LogP contribution in [0.2, 0.25) is 0 Å². The molecule has 6 heteroatoms. The molecule has 0 aromatic carbocycles. The molecule has 3 N–H and O–H groups in total. The van der Waals surface area contributed by atoms with Crippen LogP contribution in [0.25, 0.3) is 0 Å². The van der Waals surface area contributed by atoms with Gasteiger partial charge in [-0.25, -0.2) is 4.79 Å². The zero-order valence-electron chi connectivity index (χ0n) is 9.57. The van der Waals surface area contributed by atoms with E-state index in [9.17, 15) is 9.59 Å². The maximum absolute atomic E-state index is 11.5. The Bertz CT molecular complexity index is 258. The van der Waals surface area contributed by atoms with Gasteiger partial charge in [0.05, 0.1) is 13.2 Å². The van der Waals surface area contributed by atoms with Crippen LogP contribution < -0.4 is 11.1 Å². The van der Waals surface area contributed by atoms with Crippen molar-refractivity contribution in [2.24, 2.45) is 5.73 Å². The summed E-state index contributed by atoms with van der Waals surface area (Å²) >= 11 is 0.